The highest BCUT2D eigenvalue weighted by atomic mass is 16.2. The zero-order chi connectivity index (χ0) is 19.8. The normalized spacial score (nSPS) is 19.7. The van der Waals surface area contributed by atoms with Crippen LogP contribution in [0.2, 0.25) is 0 Å². The molecule has 0 aromatic carbocycles. The van der Waals surface area contributed by atoms with Crippen LogP contribution in [0.5, 0.6) is 0 Å². The lowest BCUT2D eigenvalue weighted by Gasteiger charge is -2.37. The van der Waals surface area contributed by atoms with E-state index in [1.54, 1.807) is 6.92 Å². The number of hydrogen-bond donors (Lipinski definition) is 2. The lowest BCUT2D eigenvalue weighted by atomic mass is 9.98. The average molecular weight is 382 g/mol. The molecule has 1 saturated carbocycles. The first-order chi connectivity index (χ1) is 13.4. The van der Waals surface area contributed by atoms with Gasteiger partial charge in [-0.2, -0.15) is 0 Å². The van der Waals surface area contributed by atoms with Crippen LogP contribution in [-0.2, 0) is 11.2 Å². The molecule has 0 atom stereocenters. The summed E-state index contributed by atoms with van der Waals surface area (Å²) in [5.41, 5.74) is 5.64. The second-order valence-electron chi connectivity index (χ2n) is 8.56. The number of aryl methyl sites for hydroxylation is 1. The second kappa shape index (κ2) is 7.57. The fourth-order valence-corrected chi connectivity index (χ4v) is 4.25. The molecule has 1 aromatic heterocycles. The van der Waals surface area contributed by atoms with Crippen molar-refractivity contribution in [3.05, 3.63) is 34.8 Å². The summed E-state index contributed by atoms with van der Waals surface area (Å²) in [5.74, 6) is 1.23. The van der Waals surface area contributed by atoms with Gasteiger partial charge in [0.2, 0.25) is 5.91 Å². The number of nitrogens with one attached hydrogen (secondary N) is 2. The second-order valence-corrected chi connectivity index (χ2v) is 8.56. The van der Waals surface area contributed by atoms with Crippen molar-refractivity contribution in [2.45, 2.75) is 64.8 Å². The Hall–Kier alpha value is -2.37. The van der Waals surface area contributed by atoms with Crippen LogP contribution in [-0.4, -0.2) is 47.3 Å². The Labute approximate surface area is 167 Å². The summed E-state index contributed by atoms with van der Waals surface area (Å²) in [5, 5.41) is 12.6. The van der Waals surface area contributed by atoms with E-state index in [2.05, 4.69) is 30.1 Å². The number of carbonyl (C=O) groups excluding carboxylic acids is 1. The molecule has 1 fully saturated rings. The largest absolute Gasteiger partial charge is 0.386 e. The summed E-state index contributed by atoms with van der Waals surface area (Å²) in [6.07, 6.45) is 7.34. The molecule has 0 radical (unpaired) electrons. The smallest absolute Gasteiger partial charge is 0.219 e. The summed E-state index contributed by atoms with van der Waals surface area (Å²) in [6.45, 7) is 7.89. The summed E-state index contributed by atoms with van der Waals surface area (Å²) >= 11 is 0. The van der Waals surface area contributed by atoms with Gasteiger partial charge in [0.25, 0.3) is 0 Å². The van der Waals surface area contributed by atoms with E-state index in [-0.39, 0.29) is 5.91 Å². The molecule has 28 heavy (non-hydrogen) atoms. The van der Waals surface area contributed by atoms with E-state index in [0.29, 0.717) is 30.9 Å². The zero-order valence-electron chi connectivity index (χ0n) is 17.2. The number of anilines is 1. The van der Waals surface area contributed by atoms with Crippen LogP contribution in [0, 0.1) is 5.41 Å². The average Bonchev–Trinajstić information content (AvgIpc) is 3.51. The highest BCUT2D eigenvalue weighted by Crippen LogP contribution is 2.41. The van der Waals surface area contributed by atoms with Crippen molar-refractivity contribution in [3.63, 3.8) is 0 Å². The highest BCUT2D eigenvalue weighted by molar-refractivity contribution is 6.09. The van der Waals surface area contributed by atoms with Crippen molar-refractivity contribution in [2.24, 2.45) is 0 Å². The number of aromatic nitrogens is 1. The van der Waals surface area contributed by atoms with Crippen LogP contribution >= 0.6 is 0 Å². The molecule has 0 saturated heterocycles. The number of carbonyl (C=O) groups is 1. The molecule has 0 spiro atoms. The standard InChI is InChI=1S/C22H31N5O/c1-14(2)25-19-8-10-26(15(3)28)13-18(19)22(23)27-9-4-5-17-11-20(16-6-7-16)24-12-21(17)27/h11-12,14,16,23,25H,4-10,13H2,1-3H3. The van der Waals surface area contributed by atoms with Crippen LogP contribution in [0.1, 0.15) is 63.6 Å². The van der Waals surface area contributed by atoms with Gasteiger partial charge in [0.15, 0.2) is 0 Å². The van der Waals surface area contributed by atoms with Crippen molar-refractivity contribution in [1.29, 1.82) is 5.41 Å². The lowest BCUT2D eigenvalue weighted by molar-refractivity contribution is -0.128. The number of pyridine rings is 1. The van der Waals surface area contributed by atoms with Crippen LogP contribution in [0.3, 0.4) is 0 Å². The predicted octanol–water partition coefficient (Wildman–Crippen LogP) is 3.19. The lowest BCUT2D eigenvalue weighted by Crippen LogP contribution is -2.45. The van der Waals surface area contributed by atoms with Crippen molar-refractivity contribution in [1.82, 2.24) is 15.2 Å². The first-order valence-electron chi connectivity index (χ1n) is 10.5. The topological polar surface area (TPSA) is 72.3 Å². The fraction of sp³-hybridized carbons (Fsp3) is 0.591. The maximum atomic E-state index is 12.0. The quantitative estimate of drug-likeness (QED) is 0.621. The molecule has 0 unspecified atom stereocenters. The van der Waals surface area contributed by atoms with E-state index in [1.807, 2.05) is 11.1 Å². The van der Waals surface area contributed by atoms with E-state index in [1.165, 1.54) is 24.1 Å². The number of hydrogen-bond acceptors (Lipinski definition) is 4. The van der Waals surface area contributed by atoms with Crippen LogP contribution in [0.4, 0.5) is 5.69 Å². The number of fused-ring (bicyclic) bond motifs is 1. The Kier molecular flexibility index (Phi) is 5.13. The molecule has 0 bridgehead atoms. The zero-order valence-corrected chi connectivity index (χ0v) is 17.2. The number of rotatable bonds is 4. The van der Waals surface area contributed by atoms with Gasteiger partial charge in [0.05, 0.1) is 18.4 Å². The van der Waals surface area contributed by atoms with Crippen molar-refractivity contribution in [3.8, 4) is 0 Å². The molecule has 3 aliphatic rings. The van der Waals surface area contributed by atoms with E-state index in [4.69, 9.17) is 10.4 Å². The van der Waals surface area contributed by atoms with E-state index >= 15 is 0 Å². The molecule has 4 rings (SSSR count). The van der Waals surface area contributed by atoms with Gasteiger partial charge in [-0.1, -0.05) is 0 Å². The Morgan fingerprint density at radius 3 is 2.75 bits per heavy atom. The maximum absolute atomic E-state index is 12.0. The minimum absolute atomic E-state index is 0.0729. The highest BCUT2D eigenvalue weighted by Gasteiger charge is 2.31. The molecule has 1 amide bonds. The van der Waals surface area contributed by atoms with E-state index < -0.39 is 0 Å². The molecular formula is C22H31N5O. The Bertz CT molecular complexity index is 824. The SMILES string of the molecule is CC(=O)N1CCC(NC(C)C)=C(C(=N)N2CCCc3cc(C4CC4)ncc32)C1. The molecular weight excluding hydrogens is 350 g/mol. The van der Waals surface area contributed by atoms with Gasteiger partial charge < -0.3 is 15.1 Å². The first kappa shape index (κ1) is 19.0. The van der Waals surface area contributed by atoms with Gasteiger partial charge >= 0.3 is 0 Å². The Morgan fingerprint density at radius 1 is 1.29 bits per heavy atom. The van der Waals surface area contributed by atoms with Gasteiger partial charge in [-0.15, -0.1) is 0 Å². The Morgan fingerprint density at radius 2 is 2.07 bits per heavy atom. The van der Waals surface area contributed by atoms with Crippen molar-refractivity contribution in [2.75, 3.05) is 24.5 Å². The van der Waals surface area contributed by atoms with Gasteiger partial charge in [-0.3, -0.25) is 15.2 Å². The van der Waals surface area contributed by atoms with E-state index in [9.17, 15) is 4.79 Å². The predicted molar refractivity (Wildman–Crippen MR) is 112 cm³/mol. The molecule has 6 nitrogen and oxygen atoms in total. The number of nitrogens with zero attached hydrogens (tertiary/aromatic N) is 3. The van der Waals surface area contributed by atoms with Gasteiger partial charge in [0.1, 0.15) is 5.84 Å². The number of amides is 1. The molecule has 3 heterocycles. The molecule has 6 heteroatoms. The summed E-state index contributed by atoms with van der Waals surface area (Å²) < 4.78 is 0. The third kappa shape index (κ3) is 3.77. The van der Waals surface area contributed by atoms with Crippen molar-refractivity contribution < 1.29 is 4.79 Å². The third-order valence-corrected chi connectivity index (χ3v) is 5.91. The fourth-order valence-electron chi connectivity index (χ4n) is 4.25. The van der Waals surface area contributed by atoms with Crippen LogP contribution in [0.15, 0.2) is 23.5 Å². The molecule has 1 aromatic rings. The van der Waals surface area contributed by atoms with E-state index in [0.717, 1.165) is 42.8 Å². The van der Waals surface area contributed by atoms with Gasteiger partial charge in [-0.05, 0) is 51.2 Å². The third-order valence-electron chi connectivity index (χ3n) is 5.91. The van der Waals surface area contributed by atoms with Gasteiger partial charge in [-0.25, -0.2) is 0 Å². The molecule has 2 N–H and O–H groups in total. The minimum atomic E-state index is 0.0729. The Balaban J connectivity index is 1.65. The monoisotopic (exact) mass is 381 g/mol. The van der Waals surface area contributed by atoms with Gasteiger partial charge in [0, 0.05) is 55.4 Å². The first-order valence-corrected chi connectivity index (χ1v) is 10.5. The van der Waals surface area contributed by atoms with Crippen LogP contribution < -0.4 is 10.2 Å². The summed E-state index contributed by atoms with van der Waals surface area (Å²) in [6, 6.07) is 2.56. The molecule has 1 aliphatic carbocycles. The molecule has 2 aliphatic heterocycles. The molecule has 150 valence electrons. The number of amidine groups is 1. The minimum Gasteiger partial charge on any atom is -0.386 e. The summed E-state index contributed by atoms with van der Waals surface area (Å²) in [7, 11) is 0. The maximum Gasteiger partial charge on any atom is 0.219 e. The van der Waals surface area contributed by atoms with Crippen molar-refractivity contribution >= 4 is 17.4 Å². The van der Waals surface area contributed by atoms with Crippen LogP contribution in [0.25, 0.3) is 0 Å². The summed E-state index contributed by atoms with van der Waals surface area (Å²) in [4.78, 5) is 20.6.